The molecule has 118 valence electrons. The molecule has 8 heteroatoms. The highest BCUT2D eigenvalue weighted by atomic mass is 19.4. The van der Waals surface area contributed by atoms with Crippen LogP contribution in [0.4, 0.5) is 13.2 Å². The molecule has 1 unspecified atom stereocenters. The van der Waals surface area contributed by atoms with Crippen molar-refractivity contribution >= 4 is 5.91 Å². The van der Waals surface area contributed by atoms with Gasteiger partial charge in [-0.2, -0.15) is 13.2 Å². The summed E-state index contributed by atoms with van der Waals surface area (Å²) in [5.74, 6) is -0.672. The van der Waals surface area contributed by atoms with Gasteiger partial charge in [-0.25, -0.2) is 0 Å². The highest BCUT2D eigenvalue weighted by Gasteiger charge is 2.35. The van der Waals surface area contributed by atoms with E-state index in [2.05, 4.69) is 15.0 Å². The lowest BCUT2D eigenvalue weighted by atomic mass is 10.00. The number of alkyl halides is 3. The summed E-state index contributed by atoms with van der Waals surface area (Å²) in [5, 5.41) is 15.2. The smallest absolute Gasteiger partial charge is 0.394 e. The van der Waals surface area contributed by atoms with Crippen molar-refractivity contribution in [1.82, 2.24) is 10.5 Å². The lowest BCUT2D eigenvalue weighted by molar-refractivity contribution is -0.138. The third-order valence-corrected chi connectivity index (χ3v) is 3.12. The summed E-state index contributed by atoms with van der Waals surface area (Å²) < 4.78 is 43.6. The Balaban J connectivity index is 2.30. The highest BCUT2D eigenvalue weighted by Crippen LogP contribution is 2.34. The second kappa shape index (κ2) is 6.18. The van der Waals surface area contributed by atoms with Crippen molar-refractivity contribution in [2.45, 2.75) is 19.1 Å². The summed E-state index contributed by atoms with van der Waals surface area (Å²) >= 11 is 0. The van der Waals surface area contributed by atoms with Gasteiger partial charge in [-0.15, -0.1) is 0 Å². The Morgan fingerprint density at radius 3 is 2.64 bits per heavy atom. The van der Waals surface area contributed by atoms with Crippen LogP contribution < -0.4 is 5.32 Å². The lowest BCUT2D eigenvalue weighted by Crippen LogP contribution is -2.32. The van der Waals surface area contributed by atoms with Crippen LogP contribution in [0.2, 0.25) is 0 Å². The first kappa shape index (κ1) is 16.0. The van der Waals surface area contributed by atoms with E-state index < -0.39 is 30.3 Å². The van der Waals surface area contributed by atoms with Crippen molar-refractivity contribution in [1.29, 1.82) is 0 Å². The van der Waals surface area contributed by atoms with E-state index in [4.69, 9.17) is 0 Å². The Kier molecular flexibility index (Phi) is 4.51. The number of aliphatic hydroxyl groups excluding tert-OH is 1. The number of carbonyl (C=O) groups excluding carboxylic acids is 1. The molecule has 0 saturated heterocycles. The number of amides is 1. The van der Waals surface area contributed by atoms with Gasteiger partial charge in [-0.05, 0) is 18.6 Å². The molecule has 1 heterocycles. The van der Waals surface area contributed by atoms with Crippen LogP contribution in [0.25, 0.3) is 0 Å². The first-order chi connectivity index (χ1) is 10.3. The fraction of sp³-hybridized carbons (Fsp3) is 0.286. The number of benzene rings is 1. The number of nitrogens with one attached hydrogen (secondary N) is 1. The average molecular weight is 314 g/mol. The van der Waals surface area contributed by atoms with Crippen LogP contribution in [-0.4, -0.2) is 22.8 Å². The van der Waals surface area contributed by atoms with Crippen LogP contribution in [0.3, 0.4) is 0 Å². The van der Waals surface area contributed by atoms with Crippen LogP contribution in [0.15, 0.2) is 35.1 Å². The number of aromatic nitrogens is 1. The third-order valence-electron chi connectivity index (χ3n) is 3.12. The van der Waals surface area contributed by atoms with Gasteiger partial charge in [0, 0.05) is 0 Å². The lowest BCUT2D eigenvalue weighted by Gasteiger charge is -2.21. The number of rotatable bonds is 4. The number of nitrogens with zero attached hydrogens (tertiary/aromatic N) is 1. The van der Waals surface area contributed by atoms with E-state index in [-0.39, 0.29) is 11.1 Å². The Labute approximate surface area is 123 Å². The Bertz CT molecular complexity index is 667. The Morgan fingerprint density at radius 1 is 1.41 bits per heavy atom. The van der Waals surface area contributed by atoms with Crippen molar-refractivity contribution < 1.29 is 27.6 Å². The first-order valence-electron chi connectivity index (χ1n) is 6.33. The van der Waals surface area contributed by atoms with Gasteiger partial charge in [0.15, 0.2) is 0 Å². The number of aryl methyl sites for hydroxylation is 1. The number of carbonyl (C=O) groups is 1. The van der Waals surface area contributed by atoms with E-state index >= 15 is 0 Å². The number of aliphatic hydroxyl groups is 1. The largest absolute Gasteiger partial charge is 0.416 e. The maximum absolute atomic E-state index is 13.0. The monoisotopic (exact) mass is 314 g/mol. The number of hydrogen-bond acceptors (Lipinski definition) is 4. The predicted molar refractivity (Wildman–Crippen MR) is 70.0 cm³/mol. The molecule has 0 aliphatic rings. The summed E-state index contributed by atoms with van der Waals surface area (Å²) in [5.41, 5.74) is -0.711. The quantitative estimate of drug-likeness (QED) is 0.909. The molecule has 22 heavy (non-hydrogen) atoms. The minimum atomic E-state index is -4.58. The van der Waals surface area contributed by atoms with Crippen LogP contribution in [0, 0.1) is 6.92 Å². The van der Waals surface area contributed by atoms with E-state index in [1.54, 1.807) is 0 Å². The second-order valence-corrected chi connectivity index (χ2v) is 4.61. The molecule has 1 aromatic heterocycles. The first-order valence-corrected chi connectivity index (χ1v) is 6.33. The number of halogens is 3. The Morgan fingerprint density at radius 2 is 2.09 bits per heavy atom. The number of hydrogen-bond donors (Lipinski definition) is 2. The maximum Gasteiger partial charge on any atom is 0.416 e. The molecule has 5 nitrogen and oxygen atoms in total. The topological polar surface area (TPSA) is 75.4 Å². The van der Waals surface area contributed by atoms with Crippen molar-refractivity contribution in [2.24, 2.45) is 0 Å². The molecule has 2 N–H and O–H groups in total. The maximum atomic E-state index is 13.0. The van der Waals surface area contributed by atoms with Crippen LogP contribution >= 0.6 is 0 Å². The molecule has 0 aliphatic heterocycles. The normalized spacial score (nSPS) is 13.0. The summed E-state index contributed by atoms with van der Waals surface area (Å²) in [4.78, 5) is 12.0. The third kappa shape index (κ3) is 3.28. The molecule has 0 aliphatic carbocycles. The molecule has 0 fully saturated rings. The van der Waals surface area contributed by atoms with Gasteiger partial charge < -0.3 is 14.9 Å². The SMILES string of the molecule is Cc1nocc1C(=O)NC(CO)c1ccccc1C(F)(F)F. The Hall–Kier alpha value is -2.35. The molecule has 1 aromatic carbocycles. The van der Waals surface area contributed by atoms with E-state index in [0.29, 0.717) is 5.69 Å². The van der Waals surface area contributed by atoms with Crippen LogP contribution in [0.5, 0.6) is 0 Å². The fourth-order valence-corrected chi connectivity index (χ4v) is 2.03. The molecular weight excluding hydrogens is 301 g/mol. The minimum Gasteiger partial charge on any atom is -0.394 e. The van der Waals surface area contributed by atoms with Gasteiger partial charge in [0.05, 0.1) is 23.9 Å². The minimum absolute atomic E-state index is 0.0999. The highest BCUT2D eigenvalue weighted by molar-refractivity contribution is 5.95. The van der Waals surface area contributed by atoms with Crippen molar-refractivity contribution in [3.63, 3.8) is 0 Å². The van der Waals surface area contributed by atoms with E-state index in [9.17, 15) is 23.1 Å². The van der Waals surface area contributed by atoms with E-state index in [1.807, 2.05) is 0 Å². The molecule has 1 atom stereocenters. The zero-order valence-corrected chi connectivity index (χ0v) is 11.5. The molecule has 0 saturated carbocycles. The summed E-state index contributed by atoms with van der Waals surface area (Å²) in [6, 6.07) is 3.57. The molecule has 2 rings (SSSR count). The van der Waals surface area contributed by atoms with Crippen LogP contribution in [0.1, 0.15) is 33.2 Å². The van der Waals surface area contributed by atoms with Gasteiger partial charge >= 0.3 is 6.18 Å². The zero-order chi connectivity index (χ0) is 16.3. The van der Waals surface area contributed by atoms with Crippen molar-refractivity contribution in [3.8, 4) is 0 Å². The predicted octanol–water partition coefficient (Wildman–Crippen LogP) is 2.47. The van der Waals surface area contributed by atoms with Crippen LogP contribution in [-0.2, 0) is 6.18 Å². The average Bonchev–Trinajstić information content (AvgIpc) is 2.90. The molecule has 0 bridgehead atoms. The summed E-state index contributed by atoms with van der Waals surface area (Å²) in [6.45, 7) is 0.846. The molecular formula is C14H13F3N2O3. The van der Waals surface area contributed by atoms with E-state index in [0.717, 1.165) is 12.3 Å². The molecule has 0 spiro atoms. The fourth-order valence-electron chi connectivity index (χ4n) is 2.03. The van der Waals surface area contributed by atoms with Gasteiger partial charge in [-0.1, -0.05) is 23.4 Å². The van der Waals surface area contributed by atoms with Crippen molar-refractivity contribution in [2.75, 3.05) is 6.61 Å². The van der Waals surface area contributed by atoms with E-state index in [1.165, 1.54) is 25.1 Å². The molecule has 0 radical (unpaired) electrons. The summed E-state index contributed by atoms with van der Waals surface area (Å²) in [6.07, 6.45) is -3.49. The van der Waals surface area contributed by atoms with Gasteiger partial charge in [0.1, 0.15) is 11.8 Å². The zero-order valence-electron chi connectivity index (χ0n) is 11.5. The van der Waals surface area contributed by atoms with Crippen molar-refractivity contribution in [3.05, 3.63) is 52.9 Å². The standard InChI is InChI=1S/C14H13F3N2O3/c1-8-10(7-22-19-8)13(21)18-12(6-20)9-4-2-3-5-11(9)14(15,16)17/h2-5,7,12,20H,6H2,1H3,(H,18,21). The summed E-state index contributed by atoms with van der Waals surface area (Å²) in [7, 11) is 0. The molecule has 2 aromatic rings. The second-order valence-electron chi connectivity index (χ2n) is 4.61. The molecule has 1 amide bonds. The van der Waals surface area contributed by atoms with Gasteiger partial charge in [0.25, 0.3) is 5.91 Å². The van der Waals surface area contributed by atoms with Gasteiger partial charge in [0.2, 0.25) is 0 Å². The van der Waals surface area contributed by atoms with Gasteiger partial charge in [-0.3, -0.25) is 4.79 Å².